The van der Waals surface area contributed by atoms with Crippen LogP contribution in [0.5, 0.6) is 0 Å². The van der Waals surface area contributed by atoms with Gasteiger partial charge in [-0.05, 0) is 0 Å². The Hall–Kier alpha value is -1.85. The van der Waals surface area contributed by atoms with Gasteiger partial charge in [-0.2, -0.15) is 0 Å². The highest BCUT2D eigenvalue weighted by Crippen LogP contribution is 2.01. The lowest BCUT2D eigenvalue weighted by molar-refractivity contribution is 0.705. The van der Waals surface area contributed by atoms with Crippen LogP contribution in [0.1, 0.15) is 2.74 Å². The molecule has 0 aliphatic rings. The van der Waals surface area contributed by atoms with Crippen LogP contribution in [0.15, 0.2) is 15.9 Å². The highest BCUT2D eigenvalue weighted by atomic mass is 16.2. The maximum Gasteiger partial charge on any atom is 0.332 e. The number of imidazole rings is 1. The van der Waals surface area contributed by atoms with Gasteiger partial charge in [-0.1, -0.05) is 0 Å². The van der Waals surface area contributed by atoms with Crippen LogP contribution >= 0.6 is 0 Å². The summed E-state index contributed by atoms with van der Waals surface area (Å²) in [5, 5.41) is 0. The van der Waals surface area contributed by atoms with Crippen LogP contribution in [0.3, 0.4) is 0 Å². The first kappa shape index (κ1) is 6.58. The van der Waals surface area contributed by atoms with Gasteiger partial charge >= 0.3 is 5.69 Å². The average Bonchev–Trinajstić information content (AvgIpc) is 2.53. The molecule has 0 bridgehead atoms. The molecule has 0 amide bonds. The van der Waals surface area contributed by atoms with Crippen LogP contribution in [0.2, 0.25) is 0 Å². The topological polar surface area (TPSA) is 61.8 Å². The van der Waals surface area contributed by atoms with Crippen molar-refractivity contribution in [2.75, 3.05) is 0 Å². The molecule has 0 unspecified atom stereocenters. The lowest BCUT2D eigenvalue weighted by Gasteiger charge is -2.02. The molecule has 0 N–H and O–H groups in total. The second-order valence-electron chi connectivity index (χ2n) is 3.02. The van der Waals surface area contributed by atoms with Gasteiger partial charge in [0.05, 0.1) is 6.30 Å². The molecule has 0 aromatic carbocycles. The first-order valence-corrected chi connectivity index (χ1v) is 3.91. The fourth-order valence-electron chi connectivity index (χ4n) is 1.32. The zero-order valence-electron chi connectivity index (χ0n) is 9.81. The average molecular weight is 196 g/mol. The molecule has 2 rings (SSSR count). The van der Waals surface area contributed by atoms with Crippen molar-refractivity contribution in [3.63, 3.8) is 0 Å². The van der Waals surface area contributed by atoms with Gasteiger partial charge < -0.3 is 4.57 Å². The first-order valence-electron chi connectivity index (χ1n) is 5.11. The van der Waals surface area contributed by atoms with Crippen molar-refractivity contribution in [3.8, 4) is 0 Å². The second kappa shape index (κ2) is 2.57. The van der Waals surface area contributed by atoms with Gasteiger partial charge in [-0.3, -0.25) is 13.9 Å². The minimum Gasteiger partial charge on any atom is -0.328 e. The van der Waals surface area contributed by atoms with E-state index in [1.807, 2.05) is 0 Å². The van der Waals surface area contributed by atoms with E-state index >= 15 is 0 Å². The largest absolute Gasteiger partial charge is 0.332 e. The van der Waals surface area contributed by atoms with Crippen molar-refractivity contribution in [1.29, 1.82) is 0 Å². The van der Waals surface area contributed by atoms with Gasteiger partial charge in [-0.15, -0.1) is 0 Å². The Labute approximate surface area is 81.8 Å². The van der Waals surface area contributed by atoms with Crippen LogP contribution in [-0.2, 0) is 21.1 Å². The molecule has 0 atom stereocenters. The number of hydrogen-bond donors (Lipinski definition) is 0. The Kier molecular flexibility index (Phi) is 1.21. The summed E-state index contributed by atoms with van der Waals surface area (Å²) in [4.78, 5) is 27.3. The van der Waals surface area contributed by atoms with Crippen molar-refractivity contribution in [3.05, 3.63) is 27.1 Å². The van der Waals surface area contributed by atoms with Crippen LogP contribution < -0.4 is 11.2 Å². The SMILES string of the molecule is [2H]Cn1c(=O)n(C)c(=O)c2c1nc([2H])n2C. The van der Waals surface area contributed by atoms with Gasteiger partial charge in [-0.25, -0.2) is 9.78 Å². The van der Waals surface area contributed by atoms with E-state index < -0.39 is 11.2 Å². The summed E-state index contributed by atoms with van der Waals surface area (Å²) in [6, 6.07) is 0. The van der Waals surface area contributed by atoms with Crippen molar-refractivity contribution < 1.29 is 2.74 Å². The Morgan fingerprint density at radius 1 is 1.43 bits per heavy atom. The van der Waals surface area contributed by atoms with Gasteiger partial charge in [0, 0.05) is 22.5 Å². The molecular formula is C8H10N4O2. The normalized spacial score (nSPS) is 13.0. The van der Waals surface area contributed by atoms with Gasteiger partial charge in [0.2, 0.25) is 0 Å². The highest BCUT2D eigenvalue weighted by Gasteiger charge is 2.11. The Morgan fingerprint density at radius 2 is 2.14 bits per heavy atom. The van der Waals surface area contributed by atoms with Crippen LogP contribution in [0.4, 0.5) is 0 Å². The number of hydrogen-bond acceptors (Lipinski definition) is 3. The molecule has 6 nitrogen and oxygen atoms in total. The van der Waals surface area contributed by atoms with Crippen LogP contribution in [0, 0.1) is 0 Å². The predicted molar refractivity (Wildman–Crippen MR) is 51.2 cm³/mol. The van der Waals surface area contributed by atoms with Crippen LogP contribution in [0.25, 0.3) is 11.2 Å². The number of aryl methyl sites for hydroxylation is 2. The molecule has 2 heterocycles. The Morgan fingerprint density at radius 3 is 2.79 bits per heavy atom. The monoisotopic (exact) mass is 196 g/mol. The third-order valence-electron chi connectivity index (χ3n) is 2.13. The molecule has 0 spiro atoms. The lowest BCUT2D eigenvalue weighted by atomic mass is 10.5. The zero-order chi connectivity index (χ0) is 12.0. The molecule has 14 heavy (non-hydrogen) atoms. The van der Waals surface area contributed by atoms with Gasteiger partial charge in [0.25, 0.3) is 5.56 Å². The maximum atomic E-state index is 11.8. The fraction of sp³-hybridized carbons (Fsp3) is 0.375. The van der Waals surface area contributed by atoms with E-state index in [0.29, 0.717) is 0 Å². The Bertz CT molecular complexity index is 682. The third-order valence-corrected chi connectivity index (χ3v) is 2.13. The van der Waals surface area contributed by atoms with Gasteiger partial charge in [0.15, 0.2) is 11.2 Å². The van der Waals surface area contributed by atoms with Crippen molar-refractivity contribution >= 4 is 11.2 Å². The third kappa shape index (κ3) is 0.876. The molecule has 0 radical (unpaired) electrons. The van der Waals surface area contributed by atoms with Gasteiger partial charge in [0.1, 0.15) is 1.37 Å². The van der Waals surface area contributed by atoms with E-state index in [-0.39, 0.29) is 24.5 Å². The molecular weight excluding hydrogens is 184 g/mol. The highest BCUT2D eigenvalue weighted by molar-refractivity contribution is 5.69. The fourth-order valence-corrected chi connectivity index (χ4v) is 1.32. The lowest BCUT2D eigenvalue weighted by Crippen LogP contribution is -2.37. The van der Waals surface area contributed by atoms with E-state index in [0.717, 1.165) is 9.13 Å². The van der Waals surface area contributed by atoms with E-state index in [1.165, 1.54) is 18.7 Å². The molecule has 74 valence electrons. The van der Waals surface area contributed by atoms with Crippen molar-refractivity contribution in [1.82, 2.24) is 18.7 Å². The smallest absolute Gasteiger partial charge is 0.328 e. The quantitative estimate of drug-likeness (QED) is 0.541. The molecule has 0 aliphatic carbocycles. The Balaban J connectivity index is 3.17. The van der Waals surface area contributed by atoms with Crippen molar-refractivity contribution in [2.45, 2.75) is 0 Å². The summed E-state index contributed by atoms with van der Waals surface area (Å²) in [6.07, 6.45) is -0.111. The summed E-state index contributed by atoms with van der Waals surface area (Å²) in [6.45, 7) is 0. The number of aromatic nitrogens is 4. The molecule has 0 aliphatic heterocycles. The van der Waals surface area contributed by atoms with Crippen LogP contribution in [-0.4, -0.2) is 18.7 Å². The second-order valence-corrected chi connectivity index (χ2v) is 3.02. The first-order chi connectivity index (χ1) is 7.49. The minimum atomic E-state index is -0.592. The number of nitrogens with zero attached hydrogens (tertiary/aromatic N) is 4. The zero-order valence-corrected chi connectivity index (χ0v) is 7.81. The summed E-state index contributed by atoms with van der Waals surface area (Å²) in [5.74, 6) is 0. The molecule has 2 aromatic rings. The number of rotatable bonds is 0. The summed E-state index contributed by atoms with van der Waals surface area (Å²) < 4.78 is 18.0. The summed E-state index contributed by atoms with van der Waals surface area (Å²) >= 11 is 0. The van der Waals surface area contributed by atoms with E-state index in [1.54, 1.807) is 0 Å². The van der Waals surface area contributed by atoms with E-state index in [4.69, 9.17) is 2.74 Å². The summed E-state index contributed by atoms with van der Waals surface area (Å²) in [7, 11) is 2.53. The molecule has 0 fully saturated rings. The van der Waals surface area contributed by atoms with Crippen molar-refractivity contribution in [2.24, 2.45) is 21.1 Å². The standard InChI is InChI=1S/C8H10N4O2/c1-10-4-9-6-5(10)7(13)12(3)8(14)11(6)2/h4H,1-3H3/i2D,4D. The molecule has 2 aromatic heterocycles. The molecule has 0 saturated heterocycles. The summed E-state index contributed by atoms with van der Waals surface area (Å²) in [5.41, 5.74) is -0.834. The maximum absolute atomic E-state index is 11.8. The number of fused-ring (bicyclic) bond motifs is 1. The molecule has 0 saturated carbocycles. The van der Waals surface area contributed by atoms with E-state index in [9.17, 15) is 9.59 Å². The molecule has 6 heteroatoms. The minimum absolute atomic E-state index is 0.0931. The van der Waals surface area contributed by atoms with E-state index in [2.05, 4.69) is 4.98 Å². The predicted octanol–water partition coefficient (Wildman–Crippen LogP) is -1.03.